The minimum Gasteiger partial charge on any atom is -0.481 e. The van der Waals surface area contributed by atoms with Crippen molar-refractivity contribution in [2.75, 3.05) is 7.11 Å². The zero-order valence-corrected chi connectivity index (χ0v) is 12.9. The van der Waals surface area contributed by atoms with Crippen LogP contribution in [0.3, 0.4) is 0 Å². The van der Waals surface area contributed by atoms with Gasteiger partial charge in [-0.25, -0.2) is 0 Å². The number of carboxylic acids is 1. The lowest BCUT2D eigenvalue weighted by Crippen LogP contribution is -2.68. The van der Waals surface area contributed by atoms with Crippen LogP contribution >= 0.6 is 0 Å². The second-order valence-electron chi connectivity index (χ2n) is 6.88. The Hall–Kier alpha value is -1.10. The number of hydrogen-bond donors (Lipinski definition) is 1. The number of aliphatic carboxylic acids is 1. The van der Waals surface area contributed by atoms with E-state index in [0.717, 1.165) is 6.42 Å². The third kappa shape index (κ3) is 2.12. The zero-order chi connectivity index (χ0) is 15.2. The van der Waals surface area contributed by atoms with Crippen LogP contribution in [0, 0.1) is 17.3 Å². The summed E-state index contributed by atoms with van der Waals surface area (Å²) in [5.41, 5.74) is -0.123. The van der Waals surface area contributed by atoms with Crippen LogP contribution < -0.4 is 0 Å². The molecule has 1 N–H and O–H groups in total. The summed E-state index contributed by atoms with van der Waals surface area (Å²) < 4.78 is 5.43. The van der Waals surface area contributed by atoms with Gasteiger partial charge in [0.25, 0.3) is 0 Å². The average molecular weight is 283 g/mol. The number of hydrogen-bond acceptors (Lipinski definition) is 3. The topological polar surface area (TPSA) is 66.8 Å². The maximum Gasteiger partial charge on any atom is 0.308 e. The van der Waals surface area contributed by atoms with Crippen molar-refractivity contribution < 1.29 is 19.4 Å². The Kier molecular flexibility index (Phi) is 3.84. The van der Waals surface area contributed by atoms with E-state index >= 15 is 0 Å². The minimum atomic E-state index is -0.803. The van der Waals surface area contributed by atoms with E-state index in [0.29, 0.717) is 6.42 Å². The van der Waals surface area contributed by atoms with Crippen molar-refractivity contribution in [1.29, 1.82) is 0 Å². The summed E-state index contributed by atoms with van der Waals surface area (Å²) in [5, 5.41) is 9.42. The molecule has 1 amide bonds. The number of carboxylic acid groups (broad SMARTS) is 1. The van der Waals surface area contributed by atoms with Gasteiger partial charge in [0.05, 0.1) is 12.0 Å². The predicted molar refractivity (Wildman–Crippen MR) is 74.2 cm³/mol. The van der Waals surface area contributed by atoms with Gasteiger partial charge in [-0.05, 0) is 19.3 Å². The fourth-order valence-electron chi connectivity index (χ4n) is 4.03. The number of ether oxygens (including phenoxy) is 1. The summed E-state index contributed by atoms with van der Waals surface area (Å²) >= 11 is 0. The molecule has 1 aliphatic carbocycles. The molecule has 5 unspecified atom stereocenters. The summed E-state index contributed by atoms with van der Waals surface area (Å²) in [6.07, 6.45) is 1.25. The van der Waals surface area contributed by atoms with Gasteiger partial charge >= 0.3 is 5.97 Å². The first kappa shape index (κ1) is 15.3. The molecule has 0 spiro atoms. The highest BCUT2D eigenvalue weighted by molar-refractivity contribution is 5.82. The van der Waals surface area contributed by atoms with Gasteiger partial charge in [0, 0.05) is 31.0 Å². The normalized spacial score (nSPS) is 40.4. The average Bonchev–Trinajstić information content (AvgIpc) is 2.31. The van der Waals surface area contributed by atoms with Crippen molar-refractivity contribution in [3.8, 4) is 0 Å². The van der Waals surface area contributed by atoms with Gasteiger partial charge in [0.1, 0.15) is 0 Å². The molecule has 20 heavy (non-hydrogen) atoms. The molecule has 2 aliphatic rings. The largest absolute Gasteiger partial charge is 0.481 e. The number of amides is 1. The second kappa shape index (κ2) is 5.02. The fraction of sp³-hybridized carbons (Fsp3) is 0.867. The Morgan fingerprint density at radius 2 is 2.00 bits per heavy atom. The molecule has 0 radical (unpaired) electrons. The SMILES string of the molecule is COC1CC(N2C(=O)CC(C)C(C(=O)O)C2C)C1(C)C. The third-order valence-electron chi connectivity index (χ3n) is 5.39. The number of piperidine rings is 1. The standard InChI is InChI=1S/C15H25NO4/c1-8-6-12(17)16(9(2)13(8)14(18)19)10-7-11(20-5)15(10,3)4/h8-11,13H,6-7H2,1-5H3,(H,18,19). The first-order valence-corrected chi connectivity index (χ1v) is 7.28. The van der Waals surface area contributed by atoms with E-state index in [2.05, 4.69) is 13.8 Å². The van der Waals surface area contributed by atoms with Gasteiger partial charge in [-0.15, -0.1) is 0 Å². The van der Waals surface area contributed by atoms with E-state index in [1.54, 1.807) is 7.11 Å². The molecule has 5 heteroatoms. The van der Waals surface area contributed by atoms with E-state index in [4.69, 9.17) is 4.74 Å². The molecule has 1 saturated carbocycles. The van der Waals surface area contributed by atoms with Crippen LogP contribution in [-0.4, -0.2) is 47.2 Å². The van der Waals surface area contributed by atoms with Crippen molar-refractivity contribution in [3.05, 3.63) is 0 Å². The summed E-state index contributed by atoms with van der Waals surface area (Å²) in [6.45, 7) is 7.89. The summed E-state index contributed by atoms with van der Waals surface area (Å²) in [5.74, 6) is -1.31. The van der Waals surface area contributed by atoms with Crippen LogP contribution in [0.25, 0.3) is 0 Å². The number of methoxy groups -OCH3 is 1. The lowest BCUT2D eigenvalue weighted by molar-refractivity contribution is -0.182. The Labute approximate surface area is 120 Å². The number of carbonyl (C=O) groups excluding carboxylic acids is 1. The Morgan fingerprint density at radius 3 is 2.45 bits per heavy atom. The zero-order valence-electron chi connectivity index (χ0n) is 12.9. The summed E-state index contributed by atoms with van der Waals surface area (Å²) in [4.78, 5) is 25.7. The van der Waals surface area contributed by atoms with E-state index in [9.17, 15) is 14.7 Å². The van der Waals surface area contributed by atoms with Crippen LogP contribution in [0.15, 0.2) is 0 Å². The molecular weight excluding hydrogens is 258 g/mol. The maximum absolute atomic E-state index is 12.4. The monoisotopic (exact) mass is 283 g/mol. The van der Waals surface area contributed by atoms with Gasteiger partial charge in [-0.1, -0.05) is 20.8 Å². The number of nitrogens with zero attached hydrogens (tertiary/aromatic N) is 1. The van der Waals surface area contributed by atoms with Gasteiger partial charge in [-0.2, -0.15) is 0 Å². The molecule has 0 aromatic carbocycles. The highest BCUT2D eigenvalue weighted by Crippen LogP contribution is 2.48. The molecule has 1 saturated heterocycles. The second-order valence-corrected chi connectivity index (χ2v) is 6.88. The van der Waals surface area contributed by atoms with Crippen molar-refractivity contribution in [1.82, 2.24) is 4.90 Å². The van der Waals surface area contributed by atoms with Crippen LogP contribution in [0.4, 0.5) is 0 Å². The van der Waals surface area contributed by atoms with Gasteiger partial charge < -0.3 is 14.7 Å². The molecule has 2 fully saturated rings. The van der Waals surface area contributed by atoms with Crippen LogP contribution in [0.2, 0.25) is 0 Å². The number of carbonyl (C=O) groups is 2. The van der Waals surface area contributed by atoms with Gasteiger partial charge in [0.2, 0.25) is 5.91 Å². The molecule has 1 aliphatic heterocycles. The van der Waals surface area contributed by atoms with E-state index in [1.165, 1.54) is 0 Å². The van der Waals surface area contributed by atoms with E-state index in [-0.39, 0.29) is 35.4 Å². The summed E-state index contributed by atoms with van der Waals surface area (Å²) in [7, 11) is 1.69. The van der Waals surface area contributed by atoms with E-state index in [1.807, 2.05) is 18.7 Å². The molecule has 5 nitrogen and oxygen atoms in total. The molecule has 0 bridgehead atoms. The quantitative estimate of drug-likeness (QED) is 0.857. The van der Waals surface area contributed by atoms with Crippen molar-refractivity contribution in [2.45, 2.75) is 58.7 Å². The Balaban J connectivity index is 2.23. The Bertz CT molecular complexity index is 420. The predicted octanol–water partition coefficient (Wildman–Crippen LogP) is 1.76. The van der Waals surface area contributed by atoms with Crippen LogP contribution in [-0.2, 0) is 14.3 Å². The molecule has 0 aromatic heterocycles. The molecule has 1 heterocycles. The molecule has 114 valence electrons. The van der Waals surface area contributed by atoms with Gasteiger partial charge in [-0.3, -0.25) is 9.59 Å². The smallest absolute Gasteiger partial charge is 0.308 e. The molecule has 2 rings (SSSR count). The Morgan fingerprint density at radius 1 is 1.40 bits per heavy atom. The molecular formula is C15H25NO4. The number of rotatable bonds is 3. The summed E-state index contributed by atoms with van der Waals surface area (Å²) in [6, 6.07) is -0.185. The first-order chi connectivity index (χ1) is 9.21. The lowest BCUT2D eigenvalue weighted by atomic mass is 9.62. The van der Waals surface area contributed by atoms with Crippen LogP contribution in [0.5, 0.6) is 0 Å². The minimum absolute atomic E-state index is 0.0734. The van der Waals surface area contributed by atoms with Crippen molar-refractivity contribution in [3.63, 3.8) is 0 Å². The third-order valence-corrected chi connectivity index (χ3v) is 5.39. The van der Waals surface area contributed by atoms with Crippen molar-refractivity contribution in [2.24, 2.45) is 17.3 Å². The lowest BCUT2D eigenvalue weighted by Gasteiger charge is -2.58. The van der Waals surface area contributed by atoms with Crippen molar-refractivity contribution >= 4 is 11.9 Å². The highest BCUT2D eigenvalue weighted by Gasteiger charge is 2.56. The number of likely N-dealkylation sites (tertiary alicyclic amines) is 1. The van der Waals surface area contributed by atoms with Gasteiger partial charge in [0.15, 0.2) is 0 Å². The first-order valence-electron chi connectivity index (χ1n) is 7.28. The molecule has 5 atom stereocenters. The maximum atomic E-state index is 12.4. The van der Waals surface area contributed by atoms with Crippen LogP contribution in [0.1, 0.15) is 40.5 Å². The highest BCUT2D eigenvalue weighted by atomic mass is 16.5. The fourth-order valence-corrected chi connectivity index (χ4v) is 4.03. The molecule has 0 aromatic rings. The van der Waals surface area contributed by atoms with E-state index < -0.39 is 11.9 Å².